The van der Waals surface area contributed by atoms with Gasteiger partial charge in [-0.2, -0.15) is 0 Å². The van der Waals surface area contributed by atoms with Crippen molar-refractivity contribution in [2.24, 2.45) is 5.92 Å². The van der Waals surface area contributed by atoms with Gasteiger partial charge in [-0.25, -0.2) is 0 Å². The summed E-state index contributed by atoms with van der Waals surface area (Å²) in [5, 5.41) is 0. The number of hydrogen-bond acceptors (Lipinski definition) is 3. The summed E-state index contributed by atoms with van der Waals surface area (Å²) in [6, 6.07) is 8.23. The highest BCUT2D eigenvalue weighted by molar-refractivity contribution is 8.29. The molecule has 2 rings (SSSR count). The van der Waals surface area contributed by atoms with Gasteiger partial charge in [0.2, 0.25) is 0 Å². The number of rotatable bonds is 5. The second kappa shape index (κ2) is 17.1. The van der Waals surface area contributed by atoms with Crippen LogP contribution in [0, 0.1) is 25.7 Å². The molecule has 0 aliphatic heterocycles. The van der Waals surface area contributed by atoms with E-state index >= 15 is 0 Å². The largest absolute Gasteiger partial charge is 0.336 e. The summed E-state index contributed by atoms with van der Waals surface area (Å²) in [5.74, 6) is 0.841. The minimum absolute atomic E-state index is 0.307. The molecular weight excluding hydrogens is 396 g/mol. The lowest BCUT2D eigenvalue weighted by Gasteiger charge is -2.44. The lowest BCUT2D eigenvalue weighted by atomic mass is 9.90. The molecule has 170 valence electrons. The Bertz CT molecular complexity index is 510. The Labute approximate surface area is 188 Å². The zero-order valence-corrected chi connectivity index (χ0v) is 22.1. The fourth-order valence-electron chi connectivity index (χ4n) is 2.49. The van der Waals surface area contributed by atoms with E-state index in [9.17, 15) is 0 Å². The average Bonchev–Trinajstić information content (AvgIpc) is 2.72. The summed E-state index contributed by atoms with van der Waals surface area (Å²) in [7, 11) is 0.774. The minimum Gasteiger partial charge on any atom is -0.336 e. The molecule has 29 heavy (non-hydrogen) atoms. The molecule has 4 heteroatoms. The highest BCUT2D eigenvalue weighted by atomic mass is 32.3. The van der Waals surface area contributed by atoms with Gasteiger partial charge in [0.25, 0.3) is 0 Å². The van der Waals surface area contributed by atoms with E-state index in [2.05, 4.69) is 65.2 Å². The normalized spacial score (nSPS) is 14.9. The predicted octanol–water partition coefficient (Wildman–Crippen LogP) is 8.29. The topological polar surface area (TPSA) is 18.5 Å². The average molecular weight is 443 g/mol. The summed E-state index contributed by atoms with van der Waals surface area (Å²) in [6.45, 7) is 14.0. The van der Waals surface area contributed by atoms with E-state index in [-0.39, 0.29) is 0 Å². The molecule has 2 nitrogen and oxygen atoms in total. The molecule has 1 aliphatic carbocycles. The van der Waals surface area contributed by atoms with Crippen molar-refractivity contribution in [2.45, 2.75) is 83.3 Å². The first-order chi connectivity index (χ1) is 13.7. The fourth-order valence-corrected chi connectivity index (χ4v) is 3.81. The third-order valence-corrected chi connectivity index (χ3v) is 9.30. The molecule has 0 saturated heterocycles. The van der Waals surface area contributed by atoms with Gasteiger partial charge < -0.3 is 8.37 Å². The van der Waals surface area contributed by atoms with E-state index in [1.807, 2.05) is 26.0 Å². The van der Waals surface area contributed by atoms with Crippen molar-refractivity contribution in [1.29, 1.82) is 0 Å². The summed E-state index contributed by atoms with van der Waals surface area (Å²) >= 11 is 1.38. The second-order valence-corrected chi connectivity index (χ2v) is 13.1. The minimum atomic E-state index is -0.897. The van der Waals surface area contributed by atoms with Gasteiger partial charge >= 0.3 is 0 Å². The molecule has 0 spiro atoms. The zero-order chi connectivity index (χ0) is 22.9. The van der Waals surface area contributed by atoms with Gasteiger partial charge in [0, 0.05) is 21.7 Å². The quantitative estimate of drug-likeness (QED) is 0.337. The van der Waals surface area contributed by atoms with Crippen molar-refractivity contribution in [1.82, 2.24) is 0 Å². The maximum absolute atomic E-state index is 6.22. The molecule has 0 atom stereocenters. The van der Waals surface area contributed by atoms with E-state index in [0.29, 0.717) is 4.75 Å². The van der Waals surface area contributed by atoms with Crippen LogP contribution in [0.3, 0.4) is 0 Å². The van der Waals surface area contributed by atoms with Gasteiger partial charge in [-0.05, 0) is 50.3 Å². The first kappa shape index (κ1) is 30.6. The highest BCUT2D eigenvalue weighted by Gasteiger charge is 2.29. The summed E-state index contributed by atoms with van der Waals surface area (Å²) in [5.41, 5.74) is 1.28. The number of aryl methyl sites for hydroxylation is 1. The molecule has 0 heterocycles. The van der Waals surface area contributed by atoms with E-state index in [0.717, 1.165) is 17.4 Å². The van der Waals surface area contributed by atoms with E-state index in [1.165, 1.54) is 49.7 Å². The Kier molecular flexibility index (Phi) is 18.1. The molecule has 1 fully saturated rings. The first-order valence-electron chi connectivity index (χ1n) is 10.6. The lowest BCUT2D eigenvalue weighted by molar-refractivity contribution is 0.225. The molecular formula is C25H46O2S2. The summed E-state index contributed by atoms with van der Waals surface area (Å²) in [6.07, 6.45) is 19.6. The molecule has 1 aromatic rings. The van der Waals surface area contributed by atoms with Crippen LogP contribution >= 0.6 is 22.4 Å². The van der Waals surface area contributed by atoms with E-state index in [1.54, 1.807) is 7.11 Å². The van der Waals surface area contributed by atoms with Crippen LogP contribution in [0.5, 0.6) is 0 Å². The molecule has 0 N–H and O–H groups in total. The summed E-state index contributed by atoms with van der Waals surface area (Å²) < 4.78 is 11.4. The second-order valence-electron chi connectivity index (χ2n) is 8.20. The SMILES string of the molecule is C#C.CC.CC(C)(C)S(C)(C)OCC1CCCCC1.COSc1ccc(C)cc1. The molecule has 1 saturated carbocycles. The standard InChI is InChI=1S/C13H28OS.C8H10OS.C2H6.C2H2/c1-13(2,3)15(4,5)14-11-12-9-7-6-8-10-12;1-7-3-5-8(6-4-7)10-9-2;2*1-2/h12H,6-11H2,1-5H3;3-6H,1-2H3;1-2H3;1-2H. The lowest BCUT2D eigenvalue weighted by Crippen LogP contribution is -2.27. The van der Waals surface area contributed by atoms with Crippen molar-refractivity contribution >= 4 is 22.4 Å². The van der Waals surface area contributed by atoms with Gasteiger partial charge in [-0.3, -0.25) is 0 Å². The Morgan fingerprint density at radius 3 is 1.90 bits per heavy atom. The van der Waals surface area contributed by atoms with Crippen molar-refractivity contribution in [3.05, 3.63) is 29.8 Å². The van der Waals surface area contributed by atoms with E-state index in [4.69, 9.17) is 8.37 Å². The van der Waals surface area contributed by atoms with E-state index < -0.39 is 10.3 Å². The Balaban J connectivity index is 0. The molecule has 0 bridgehead atoms. The van der Waals surface area contributed by atoms with Crippen LogP contribution < -0.4 is 0 Å². The van der Waals surface area contributed by atoms with Crippen LogP contribution in [0.2, 0.25) is 0 Å². The Hall–Kier alpha value is -0.600. The maximum atomic E-state index is 6.22. The van der Waals surface area contributed by atoms with Crippen LogP contribution in [0.15, 0.2) is 29.2 Å². The number of terminal acetylenes is 1. The highest BCUT2D eigenvalue weighted by Crippen LogP contribution is 2.54. The van der Waals surface area contributed by atoms with Crippen LogP contribution in [-0.2, 0) is 8.37 Å². The van der Waals surface area contributed by atoms with Crippen LogP contribution in [0.1, 0.15) is 72.3 Å². The third kappa shape index (κ3) is 14.1. The molecule has 1 aromatic carbocycles. The smallest absolute Gasteiger partial charge is 0.0620 e. The number of benzene rings is 1. The zero-order valence-electron chi connectivity index (χ0n) is 20.4. The molecule has 0 radical (unpaired) electrons. The van der Waals surface area contributed by atoms with Crippen molar-refractivity contribution < 1.29 is 8.37 Å². The van der Waals surface area contributed by atoms with Crippen molar-refractivity contribution in [3.8, 4) is 12.8 Å². The van der Waals surface area contributed by atoms with Gasteiger partial charge in [-0.1, -0.05) is 71.6 Å². The Morgan fingerprint density at radius 2 is 1.48 bits per heavy atom. The van der Waals surface area contributed by atoms with Crippen LogP contribution in [0.25, 0.3) is 0 Å². The van der Waals surface area contributed by atoms with Gasteiger partial charge in [0.15, 0.2) is 0 Å². The van der Waals surface area contributed by atoms with Crippen LogP contribution in [-0.4, -0.2) is 31.0 Å². The van der Waals surface area contributed by atoms with Gasteiger partial charge in [-0.15, -0.1) is 23.2 Å². The van der Waals surface area contributed by atoms with Crippen molar-refractivity contribution in [2.75, 3.05) is 26.2 Å². The van der Waals surface area contributed by atoms with Gasteiger partial charge in [0.1, 0.15) is 0 Å². The maximum Gasteiger partial charge on any atom is 0.0620 e. The molecule has 0 amide bonds. The monoisotopic (exact) mass is 442 g/mol. The van der Waals surface area contributed by atoms with Crippen molar-refractivity contribution in [3.63, 3.8) is 0 Å². The molecule has 0 aromatic heterocycles. The summed E-state index contributed by atoms with van der Waals surface area (Å²) in [4.78, 5) is 1.15. The first-order valence-corrected chi connectivity index (χ1v) is 13.8. The third-order valence-electron chi connectivity index (χ3n) is 5.00. The fraction of sp³-hybridized carbons (Fsp3) is 0.680. The molecule has 0 unspecified atom stereocenters. The molecule has 1 aliphatic rings. The van der Waals surface area contributed by atoms with Crippen LogP contribution in [0.4, 0.5) is 0 Å². The Morgan fingerprint density at radius 1 is 1.00 bits per heavy atom. The number of hydrogen-bond donors (Lipinski definition) is 0. The predicted molar refractivity (Wildman–Crippen MR) is 137 cm³/mol. The van der Waals surface area contributed by atoms with Gasteiger partial charge in [0.05, 0.1) is 13.7 Å².